The number of hydrogen-bond donors (Lipinski definition) is 2. The molecule has 0 amide bonds. The first-order valence-corrected chi connectivity index (χ1v) is 2.62. The summed E-state index contributed by atoms with van der Waals surface area (Å²) in [5, 5.41) is 6.71. The average molecular weight is 151 g/mol. The number of azo groups is 1. The molecule has 2 N–H and O–H groups in total. The smallest absolute Gasteiger partial charge is 0.294 e. The van der Waals surface area contributed by atoms with Gasteiger partial charge >= 0.3 is 0 Å². The van der Waals surface area contributed by atoms with E-state index in [9.17, 15) is 0 Å². The number of rotatable bonds is 0. The zero-order valence-corrected chi connectivity index (χ0v) is 5.39. The lowest BCUT2D eigenvalue weighted by molar-refractivity contribution is 0.896. The van der Waals surface area contributed by atoms with Gasteiger partial charge in [0.1, 0.15) is 0 Å². The highest BCUT2D eigenvalue weighted by atomic mass is 35.5. The summed E-state index contributed by atoms with van der Waals surface area (Å²) in [6, 6.07) is 0. The Balaban J connectivity index is 2.84. The van der Waals surface area contributed by atoms with Gasteiger partial charge < -0.3 is 5.73 Å². The summed E-state index contributed by atoms with van der Waals surface area (Å²) in [6.07, 6.45) is 0. The molecule has 8 heavy (non-hydrogen) atoms. The SMILES string of the molecule is NC1=NC(S)(Cl)N=N1. The zero-order valence-electron chi connectivity index (χ0n) is 3.74. The Hall–Kier alpha value is -0.290. The molecule has 44 valence electrons. The molecule has 6 heteroatoms. The number of aliphatic imine (C=N–C) groups is 1. The first-order valence-electron chi connectivity index (χ1n) is 1.80. The summed E-state index contributed by atoms with van der Waals surface area (Å²) in [5.41, 5.74) is 5.07. The number of guanidine groups is 1. The molecule has 0 bridgehead atoms. The number of nitrogens with two attached hydrogens (primary N) is 1. The van der Waals surface area contributed by atoms with E-state index < -0.39 is 4.45 Å². The van der Waals surface area contributed by atoms with Crippen molar-refractivity contribution in [2.45, 2.75) is 4.45 Å². The van der Waals surface area contributed by atoms with E-state index in [0.717, 1.165) is 0 Å². The van der Waals surface area contributed by atoms with Gasteiger partial charge in [0.15, 0.2) is 0 Å². The van der Waals surface area contributed by atoms with Gasteiger partial charge in [-0.15, -0.1) is 22.9 Å². The molecule has 0 aromatic rings. The molecule has 1 rings (SSSR count). The van der Waals surface area contributed by atoms with Crippen LogP contribution in [0.5, 0.6) is 0 Å². The van der Waals surface area contributed by atoms with Crippen molar-refractivity contribution in [2.75, 3.05) is 0 Å². The van der Waals surface area contributed by atoms with Gasteiger partial charge in [-0.2, -0.15) is 4.99 Å². The number of nitrogens with zero attached hydrogens (tertiary/aromatic N) is 3. The number of hydrogen-bond acceptors (Lipinski definition) is 5. The van der Waals surface area contributed by atoms with Crippen LogP contribution in [-0.4, -0.2) is 10.4 Å². The first-order chi connectivity index (χ1) is 3.60. The van der Waals surface area contributed by atoms with Crippen LogP contribution in [0.3, 0.4) is 0 Å². The van der Waals surface area contributed by atoms with Crippen LogP contribution >= 0.6 is 24.2 Å². The van der Waals surface area contributed by atoms with Gasteiger partial charge in [0.25, 0.3) is 4.45 Å². The standard InChI is InChI=1S/C2H3ClN4S/c3-2(8)5-1(4)6-7-2/h8H,(H2,4,5). The van der Waals surface area contributed by atoms with Gasteiger partial charge in [-0.1, -0.05) is 11.6 Å². The lowest BCUT2D eigenvalue weighted by atomic mass is 11.0. The Labute approximate surface area is 56.2 Å². The molecule has 0 fully saturated rings. The minimum atomic E-state index is -1.25. The topological polar surface area (TPSA) is 63.1 Å². The van der Waals surface area contributed by atoms with Gasteiger partial charge in [-0.25, -0.2) is 0 Å². The summed E-state index contributed by atoms with van der Waals surface area (Å²) >= 11 is 9.14. The summed E-state index contributed by atoms with van der Waals surface area (Å²) in [5.74, 6) is 0.0648. The largest absolute Gasteiger partial charge is 0.367 e. The maximum absolute atomic E-state index is 5.40. The van der Waals surface area contributed by atoms with Crippen LogP contribution in [0.25, 0.3) is 0 Å². The van der Waals surface area contributed by atoms with E-state index in [0.29, 0.717) is 0 Å². The van der Waals surface area contributed by atoms with Crippen LogP contribution in [0.2, 0.25) is 0 Å². The third-order valence-electron chi connectivity index (χ3n) is 0.537. The number of alkyl halides is 1. The van der Waals surface area contributed by atoms with Crippen LogP contribution in [-0.2, 0) is 0 Å². The summed E-state index contributed by atoms with van der Waals surface area (Å²) < 4.78 is -1.25. The third kappa shape index (κ3) is 1.10. The van der Waals surface area contributed by atoms with Gasteiger partial charge in [0.05, 0.1) is 0 Å². The third-order valence-corrected chi connectivity index (χ3v) is 0.886. The fourth-order valence-corrected chi connectivity index (χ4v) is 0.577. The normalized spacial score (nSPS) is 35.5. The predicted molar refractivity (Wildman–Crippen MR) is 34.0 cm³/mol. The summed E-state index contributed by atoms with van der Waals surface area (Å²) in [4.78, 5) is 3.51. The van der Waals surface area contributed by atoms with Crippen molar-refractivity contribution in [1.29, 1.82) is 0 Å². The monoisotopic (exact) mass is 150 g/mol. The van der Waals surface area contributed by atoms with Gasteiger partial charge in [-0.05, 0) is 0 Å². The molecule has 4 nitrogen and oxygen atoms in total. The molecule has 0 saturated carbocycles. The molecule has 0 radical (unpaired) electrons. The molecule has 1 aliphatic rings. The van der Waals surface area contributed by atoms with Crippen molar-refractivity contribution in [3.8, 4) is 0 Å². The molecule has 1 unspecified atom stereocenters. The Kier molecular flexibility index (Phi) is 1.16. The Bertz CT molecular complexity index is 161. The molecule has 0 saturated heterocycles. The highest BCUT2D eigenvalue weighted by Crippen LogP contribution is 2.27. The molecule has 0 aromatic carbocycles. The number of halogens is 1. The fraction of sp³-hybridized carbons (Fsp3) is 0.500. The summed E-state index contributed by atoms with van der Waals surface area (Å²) in [6.45, 7) is 0. The van der Waals surface area contributed by atoms with E-state index in [-0.39, 0.29) is 5.96 Å². The lowest BCUT2D eigenvalue weighted by Crippen LogP contribution is -2.07. The van der Waals surface area contributed by atoms with Crippen molar-refractivity contribution in [1.82, 2.24) is 0 Å². The molecular weight excluding hydrogens is 148 g/mol. The van der Waals surface area contributed by atoms with E-state index in [1.807, 2.05) is 0 Å². The van der Waals surface area contributed by atoms with Crippen molar-refractivity contribution in [2.24, 2.45) is 21.0 Å². The molecule has 0 spiro atoms. The maximum Gasteiger partial charge on any atom is 0.294 e. The van der Waals surface area contributed by atoms with Gasteiger partial charge in [0.2, 0.25) is 5.96 Å². The zero-order chi connectivity index (χ0) is 6.20. The van der Waals surface area contributed by atoms with Gasteiger partial charge in [0, 0.05) is 0 Å². The van der Waals surface area contributed by atoms with E-state index >= 15 is 0 Å². The highest BCUT2D eigenvalue weighted by Gasteiger charge is 2.24. The fourth-order valence-electron chi connectivity index (χ4n) is 0.305. The second-order valence-corrected chi connectivity index (χ2v) is 2.64. The van der Waals surface area contributed by atoms with Crippen LogP contribution in [0.1, 0.15) is 0 Å². The minimum absolute atomic E-state index is 0.0648. The number of thiol groups is 1. The van der Waals surface area contributed by atoms with Crippen molar-refractivity contribution in [3.63, 3.8) is 0 Å². The Morgan fingerprint density at radius 2 is 2.38 bits per heavy atom. The van der Waals surface area contributed by atoms with Crippen molar-refractivity contribution in [3.05, 3.63) is 0 Å². The molecule has 0 aliphatic carbocycles. The molecule has 1 atom stereocenters. The molecular formula is C2H3ClN4S. The Morgan fingerprint density at radius 3 is 2.50 bits per heavy atom. The second-order valence-electron chi connectivity index (χ2n) is 1.22. The van der Waals surface area contributed by atoms with E-state index in [1.54, 1.807) is 0 Å². The van der Waals surface area contributed by atoms with E-state index in [4.69, 9.17) is 17.3 Å². The molecule has 1 aliphatic heterocycles. The quantitative estimate of drug-likeness (QED) is 0.296. The summed E-state index contributed by atoms with van der Waals surface area (Å²) in [7, 11) is 0. The van der Waals surface area contributed by atoms with Crippen molar-refractivity contribution < 1.29 is 0 Å². The van der Waals surface area contributed by atoms with E-state index in [1.165, 1.54) is 0 Å². The minimum Gasteiger partial charge on any atom is -0.367 e. The maximum atomic E-state index is 5.40. The van der Waals surface area contributed by atoms with Crippen LogP contribution in [0.15, 0.2) is 15.2 Å². The molecule has 1 heterocycles. The van der Waals surface area contributed by atoms with Crippen LogP contribution in [0.4, 0.5) is 0 Å². The Morgan fingerprint density at radius 1 is 1.75 bits per heavy atom. The highest BCUT2D eigenvalue weighted by molar-refractivity contribution is 7.83. The molecule has 0 aromatic heterocycles. The van der Waals surface area contributed by atoms with Crippen molar-refractivity contribution >= 4 is 30.2 Å². The second kappa shape index (κ2) is 1.60. The predicted octanol–water partition coefficient (Wildman–Crippen LogP) is 0.547. The van der Waals surface area contributed by atoms with Crippen LogP contribution in [0, 0.1) is 0 Å². The lowest BCUT2D eigenvalue weighted by Gasteiger charge is -1.98. The first kappa shape index (κ1) is 5.84. The van der Waals surface area contributed by atoms with E-state index in [2.05, 4.69) is 27.8 Å². The van der Waals surface area contributed by atoms with Gasteiger partial charge in [-0.3, -0.25) is 0 Å². The average Bonchev–Trinajstić information content (AvgIpc) is 1.82. The van der Waals surface area contributed by atoms with Crippen LogP contribution < -0.4 is 5.73 Å².